The first-order valence-electron chi connectivity index (χ1n) is 11.2. The summed E-state index contributed by atoms with van der Waals surface area (Å²) < 4.78 is 28.7. The second kappa shape index (κ2) is 7.46. The predicted octanol–water partition coefficient (Wildman–Crippen LogP) is 2.20. The Hall–Kier alpha value is -1.71. The van der Waals surface area contributed by atoms with Gasteiger partial charge in [0.25, 0.3) is 5.56 Å². The van der Waals surface area contributed by atoms with Crippen LogP contribution in [-0.4, -0.2) is 56.6 Å². The molecule has 4 heterocycles. The Labute approximate surface area is 177 Å². The molecule has 0 aromatic carbocycles. The summed E-state index contributed by atoms with van der Waals surface area (Å²) in [6.45, 7) is 5.58. The van der Waals surface area contributed by atoms with Crippen molar-refractivity contribution >= 4 is 15.7 Å². The van der Waals surface area contributed by atoms with E-state index >= 15 is 0 Å². The maximum absolute atomic E-state index is 13.3. The van der Waals surface area contributed by atoms with E-state index in [1.165, 1.54) is 30.2 Å². The second-order valence-electron chi connectivity index (χ2n) is 9.27. The first-order chi connectivity index (χ1) is 14.4. The fourth-order valence-electron chi connectivity index (χ4n) is 5.40. The number of aromatic nitrogens is 3. The number of hydrogen-bond acceptors (Lipinski definition) is 5. The molecule has 2 aromatic rings. The van der Waals surface area contributed by atoms with Crippen molar-refractivity contribution in [2.45, 2.75) is 82.7 Å². The van der Waals surface area contributed by atoms with Crippen LogP contribution in [-0.2, 0) is 23.0 Å². The minimum atomic E-state index is -3.36. The van der Waals surface area contributed by atoms with E-state index < -0.39 is 15.3 Å². The maximum Gasteiger partial charge on any atom is 0.277 e. The molecule has 164 valence electrons. The Morgan fingerprint density at radius 3 is 2.63 bits per heavy atom. The van der Waals surface area contributed by atoms with Crippen molar-refractivity contribution in [2.75, 3.05) is 13.1 Å². The molecule has 8 nitrogen and oxygen atoms in total. The van der Waals surface area contributed by atoms with E-state index in [-0.39, 0.29) is 11.6 Å². The lowest BCUT2D eigenvalue weighted by Crippen LogP contribution is -2.41. The summed E-state index contributed by atoms with van der Waals surface area (Å²) in [5.41, 5.74) is 3.00. The molecule has 3 aliphatic rings. The molecule has 0 radical (unpaired) electrons. The average molecular weight is 434 g/mol. The minimum Gasteiger partial charge on any atom is -0.295 e. The van der Waals surface area contributed by atoms with Crippen molar-refractivity contribution in [1.82, 2.24) is 23.8 Å². The van der Waals surface area contributed by atoms with E-state index in [0.717, 1.165) is 42.8 Å². The molecule has 2 aliphatic heterocycles. The van der Waals surface area contributed by atoms with Crippen LogP contribution in [0.2, 0.25) is 0 Å². The van der Waals surface area contributed by atoms with E-state index in [2.05, 4.69) is 10.00 Å². The highest BCUT2D eigenvalue weighted by Gasteiger charge is 2.38. The summed E-state index contributed by atoms with van der Waals surface area (Å²) in [7, 11) is -3.36. The SMILES string of the molecule is CC(C)S(=O)(=O)N1CCC[C@H]1c1cc2nc3c(c(=O)n2[nH]1)CN(C1CCCC1)CC3. The summed E-state index contributed by atoms with van der Waals surface area (Å²) in [4.78, 5) is 20.5. The molecular formula is C21H31N5O3S. The molecule has 1 aliphatic carbocycles. The summed E-state index contributed by atoms with van der Waals surface area (Å²) in [6.07, 6.45) is 7.38. The van der Waals surface area contributed by atoms with Crippen LogP contribution in [0, 0.1) is 0 Å². The van der Waals surface area contributed by atoms with Gasteiger partial charge in [-0.05, 0) is 39.5 Å². The highest BCUT2D eigenvalue weighted by atomic mass is 32.2. The van der Waals surface area contributed by atoms with Crippen molar-refractivity contribution in [3.63, 3.8) is 0 Å². The van der Waals surface area contributed by atoms with Crippen LogP contribution < -0.4 is 5.56 Å². The number of hydrogen-bond donors (Lipinski definition) is 1. The van der Waals surface area contributed by atoms with Crippen LogP contribution >= 0.6 is 0 Å². The maximum atomic E-state index is 13.3. The van der Waals surface area contributed by atoms with Gasteiger partial charge in [-0.25, -0.2) is 17.9 Å². The molecule has 0 unspecified atom stereocenters. The summed E-state index contributed by atoms with van der Waals surface area (Å²) >= 11 is 0. The molecule has 9 heteroatoms. The van der Waals surface area contributed by atoms with Crippen LogP contribution in [0.25, 0.3) is 5.65 Å². The van der Waals surface area contributed by atoms with Crippen LogP contribution in [0.4, 0.5) is 0 Å². The van der Waals surface area contributed by atoms with Crippen LogP contribution in [0.1, 0.15) is 75.4 Å². The predicted molar refractivity (Wildman–Crippen MR) is 115 cm³/mol. The largest absolute Gasteiger partial charge is 0.295 e. The molecule has 1 N–H and O–H groups in total. The molecule has 1 saturated heterocycles. The van der Waals surface area contributed by atoms with Crippen molar-refractivity contribution in [2.24, 2.45) is 0 Å². The number of sulfonamides is 1. The fourth-order valence-corrected chi connectivity index (χ4v) is 6.90. The van der Waals surface area contributed by atoms with Gasteiger partial charge in [0.15, 0.2) is 5.65 Å². The Morgan fingerprint density at radius 2 is 1.90 bits per heavy atom. The lowest BCUT2D eigenvalue weighted by Gasteiger charge is -2.32. The quantitative estimate of drug-likeness (QED) is 0.798. The van der Waals surface area contributed by atoms with Crippen molar-refractivity contribution in [3.05, 3.63) is 33.4 Å². The lowest BCUT2D eigenvalue weighted by atomic mass is 10.0. The smallest absolute Gasteiger partial charge is 0.277 e. The normalized spacial score (nSPS) is 24.3. The molecule has 0 spiro atoms. The van der Waals surface area contributed by atoms with Gasteiger partial charge in [0.1, 0.15) is 0 Å². The molecular weight excluding hydrogens is 402 g/mol. The minimum absolute atomic E-state index is 0.0415. The number of nitrogens with one attached hydrogen (secondary N) is 1. The van der Waals surface area contributed by atoms with Gasteiger partial charge in [-0.2, -0.15) is 4.31 Å². The molecule has 0 amide bonds. The fraction of sp³-hybridized carbons (Fsp3) is 0.714. The van der Waals surface area contributed by atoms with Crippen LogP contribution in [0.3, 0.4) is 0 Å². The first-order valence-corrected chi connectivity index (χ1v) is 12.7. The van der Waals surface area contributed by atoms with E-state index in [9.17, 15) is 13.2 Å². The Kier molecular flexibility index (Phi) is 5.02. The second-order valence-corrected chi connectivity index (χ2v) is 11.7. The molecule has 2 fully saturated rings. The highest BCUT2D eigenvalue weighted by Crippen LogP contribution is 2.35. The van der Waals surface area contributed by atoms with E-state index in [1.807, 2.05) is 6.07 Å². The van der Waals surface area contributed by atoms with E-state index in [0.29, 0.717) is 24.8 Å². The molecule has 5 rings (SSSR count). The van der Waals surface area contributed by atoms with Crippen molar-refractivity contribution in [3.8, 4) is 0 Å². The third-order valence-corrected chi connectivity index (χ3v) is 9.42. The number of rotatable bonds is 4. The average Bonchev–Trinajstić information content (AvgIpc) is 3.47. The summed E-state index contributed by atoms with van der Waals surface area (Å²) in [5.74, 6) is 0. The summed E-state index contributed by atoms with van der Waals surface area (Å²) in [5, 5.41) is 2.74. The monoisotopic (exact) mass is 433 g/mol. The van der Waals surface area contributed by atoms with Gasteiger partial charge < -0.3 is 0 Å². The number of aromatic amines is 1. The van der Waals surface area contributed by atoms with Gasteiger partial charge in [0.05, 0.1) is 28.2 Å². The zero-order valence-corrected chi connectivity index (χ0v) is 18.6. The number of fused-ring (bicyclic) bond motifs is 2. The molecule has 1 atom stereocenters. The Bertz CT molecular complexity index is 1110. The summed E-state index contributed by atoms with van der Waals surface area (Å²) in [6, 6.07) is 2.19. The molecule has 30 heavy (non-hydrogen) atoms. The van der Waals surface area contributed by atoms with Crippen molar-refractivity contribution < 1.29 is 8.42 Å². The van der Waals surface area contributed by atoms with Crippen LogP contribution in [0.15, 0.2) is 10.9 Å². The van der Waals surface area contributed by atoms with Crippen LogP contribution in [0.5, 0.6) is 0 Å². The standard InChI is InChI=1S/C21H31N5O3S/c1-14(2)30(28,29)25-10-5-8-19(25)18-12-20-22-17-9-11-24(15-6-3-4-7-15)13-16(17)21(27)26(20)23-18/h12,14-15,19,23H,3-11,13H2,1-2H3/t19-/m0/s1. The highest BCUT2D eigenvalue weighted by molar-refractivity contribution is 7.89. The van der Waals surface area contributed by atoms with Gasteiger partial charge in [-0.1, -0.05) is 12.8 Å². The van der Waals surface area contributed by atoms with E-state index in [4.69, 9.17) is 4.98 Å². The zero-order chi connectivity index (χ0) is 21.0. The van der Waals surface area contributed by atoms with E-state index in [1.54, 1.807) is 18.2 Å². The number of H-pyrrole nitrogens is 1. The van der Waals surface area contributed by atoms with Gasteiger partial charge in [0, 0.05) is 38.2 Å². The number of nitrogens with zero attached hydrogens (tertiary/aromatic N) is 4. The third kappa shape index (κ3) is 3.22. The van der Waals surface area contributed by atoms with Crippen molar-refractivity contribution in [1.29, 1.82) is 0 Å². The zero-order valence-electron chi connectivity index (χ0n) is 17.8. The van der Waals surface area contributed by atoms with Gasteiger partial charge >= 0.3 is 0 Å². The Morgan fingerprint density at radius 1 is 1.13 bits per heavy atom. The van der Waals surface area contributed by atoms with Gasteiger partial charge in [0.2, 0.25) is 10.0 Å². The molecule has 1 saturated carbocycles. The third-order valence-electron chi connectivity index (χ3n) is 7.14. The Balaban J connectivity index is 1.50. The lowest BCUT2D eigenvalue weighted by molar-refractivity contribution is 0.178. The first kappa shape index (κ1) is 20.2. The molecule has 2 aromatic heterocycles. The van der Waals surface area contributed by atoms with Gasteiger partial charge in [-0.3, -0.25) is 14.8 Å². The topological polar surface area (TPSA) is 90.8 Å². The molecule has 0 bridgehead atoms. The van der Waals surface area contributed by atoms with Gasteiger partial charge in [-0.15, -0.1) is 0 Å².